The van der Waals surface area contributed by atoms with Gasteiger partial charge in [-0.2, -0.15) is 0 Å². The van der Waals surface area contributed by atoms with Crippen molar-refractivity contribution in [3.8, 4) is 5.75 Å². The molecule has 1 saturated heterocycles. The maximum atomic E-state index is 13.0. The van der Waals surface area contributed by atoms with E-state index in [0.29, 0.717) is 24.2 Å². The van der Waals surface area contributed by atoms with Crippen molar-refractivity contribution < 1.29 is 19.8 Å². The first-order valence-electron chi connectivity index (χ1n) is 10.3. The van der Waals surface area contributed by atoms with Crippen LogP contribution in [0.15, 0.2) is 52.5 Å². The zero-order valence-corrected chi connectivity index (χ0v) is 19.5. The summed E-state index contributed by atoms with van der Waals surface area (Å²) >= 11 is 3.44. The minimum Gasteiger partial charge on any atom is -0.508 e. The van der Waals surface area contributed by atoms with E-state index in [9.17, 15) is 19.8 Å². The van der Waals surface area contributed by atoms with Crippen LogP contribution in [0.3, 0.4) is 0 Å². The average Bonchev–Trinajstić information content (AvgIpc) is 3.01. The number of aryl methyl sites for hydroxylation is 1. The van der Waals surface area contributed by atoms with Crippen molar-refractivity contribution in [3.63, 3.8) is 0 Å². The molecule has 1 aliphatic rings. The second kappa shape index (κ2) is 9.66. The van der Waals surface area contributed by atoms with Gasteiger partial charge in [0.25, 0.3) is 11.7 Å². The van der Waals surface area contributed by atoms with Crippen LogP contribution in [0.1, 0.15) is 36.6 Å². The van der Waals surface area contributed by atoms with E-state index >= 15 is 0 Å². The van der Waals surface area contributed by atoms with Gasteiger partial charge in [-0.3, -0.25) is 9.59 Å². The van der Waals surface area contributed by atoms with Gasteiger partial charge in [0.2, 0.25) is 0 Å². The smallest absolute Gasteiger partial charge is 0.295 e. The molecule has 2 N–H and O–H groups in total. The predicted octanol–water partition coefficient (Wildman–Crippen LogP) is 4.23. The molecule has 31 heavy (non-hydrogen) atoms. The van der Waals surface area contributed by atoms with Gasteiger partial charge < -0.3 is 20.0 Å². The summed E-state index contributed by atoms with van der Waals surface area (Å²) in [5.74, 6) is -1.54. The molecule has 1 aliphatic heterocycles. The van der Waals surface area contributed by atoms with Gasteiger partial charge in [-0.1, -0.05) is 48.0 Å². The number of phenolic OH excluding ortho intramolecular Hbond substituents is 1. The van der Waals surface area contributed by atoms with Gasteiger partial charge in [0.1, 0.15) is 11.5 Å². The van der Waals surface area contributed by atoms with Crippen molar-refractivity contribution in [1.29, 1.82) is 0 Å². The van der Waals surface area contributed by atoms with E-state index in [1.54, 1.807) is 30.3 Å². The van der Waals surface area contributed by atoms with Crippen molar-refractivity contribution in [1.82, 2.24) is 9.80 Å². The van der Waals surface area contributed by atoms with Crippen molar-refractivity contribution in [3.05, 3.63) is 69.2 Å². The number of nitrogens with zero attached hydrogens (tertiary/aromatic N) is 2. The van der Waals surface area contributed by atoms with E-state index in [1.807, 2.05) is 20.8 Å². The van der Waals surface area contributed by atoms with Crippen LogP contribution in [0.4, 0.5) is 0 Å². The molecule has 164 valence electrons. The number of carbonyl (C=O) groups is 2. The first kappa shape index (κ1) is 23.0. The fourth-order valence-corrected chi connectivity index (χ4v) is 4.14. The third kappa shape index (κ3) is 4.67. The monoisotopic (exact) mass is 486 g/mol. The number of ketones is 1. The molecule has 1 amide bonds. The summed E-state index contributed by atoms with van der Waals surface area (Å²) in [5, 5.41) is 21.1. The largest absolute Gasteiger partial charge is 0.508 e. The summed E-state index contributed by atoms with van der Waals surface area (Å²) in [4.78, 5) is 29.7. The summed E-state index contributed by atoms with van der Waals surface area (Å²) in [6.45, 7) is 8.57. The number of halogens is 1. The number of likely N-dealkylation sites (N-methyl/N-ethyl adjacent to an activating group) is 1. The maximum absolute atomic E-state index is 13.0. The minimum absolute atomic E-state index is 0.0336. The molecule has 1 heterocycles. The van der Waals surface area contributed by atoms with E-state index in [2.05, 4.69) is 20.8 Å². The van der Waals surface area contributed by atoms with Gasteiger partial charge in [0, 0.05) is 23.1 Å². The fourth-order valence-electron chi connectivity index (χ4n) is 3.89. The summed E-state index contributed by atoms with van der Waals surface area (Å²) < 4.78 is 0.883. The molecular weight excluding hydrogens is 460 g/mol. The molecule has 2 aromatic rings. The molecule has 0 aliphatic carbocycles. The van der Waals surface area contributed by atoms with Crippen molar-refractivity contribution >= 4 is 33.4 Å². The summed E-state index contributed by atoms with van der Waals surface area (Å²) in [5.41, 5.74) is 1.98. The zero-order chi connectivity index (χ0) is 22.7. The first-order valence-corrected chi connectivity index (χ1v) is 11.1. The van der Waals surface area contributed by atoms with Gasteiger partial charge >= 0.3 is 0 Å². The second-order valence-corrected chi connectivity index (χ2v) is 8.43. The molecule has 6 nitrogen and oxygen atoms in total. The number of benzene rings is 2. The van der Waals surface area contributed by atoms with Gasteiger partial charge in [-0.15, -0.1) is 0 Å². The quantitative estimate of drug-likeness (QED) is 0.347. The Morgan fingerprint density at radius 1 is 1.13 bits per heavy atom. The third-order valence-electron chi connectivity index (χ3n) is 5.71. The van der Waals surface area contributed by atoms with Crippen LogP contribution in [0.25, 0.3) is 5.76 Å². The Labute approximate surface area is 190 Å². The lowest BCUT2D eigenvalue weighted by Crippen LogP contribution is -2.38. The van der Waals surface area contributed by atoms with E-state index in [4.69, 9.17) is 0 Å². The number of aliphatic hydroxyl groups is 1. The number of amides is 1. The minimum atomic E-state index is -0.772. The SMILES string of the molecule is CCN(CC)CCN1C(=O)C(=O)/C(=C(\O)c2ccc(Br)c(C)c2)C1c1cccc(O)c1. The van der Waals surface area contributed by atoms with Gasteiger partial charge in [0.05, 0.1) is 11.6 Å². The van der Waals surface area contributed by atoms with Crippen LogP contribution in [0, 0.1) is 6.92 Å². The van der Waals surface area contributed by atoms with Crippen LogP contribution in [0.2, 0.25) is 0 Å². The van der Waals surface area contributed by atoms with E-state index in [-0.39, 0.29) is 17.1 Å². The lowest BCUT2D eigenvalue weighted by Gasteiger charge is -2.28. The highest BCUT2D eigenvalue weighted by Gasteiger charge is 2.46. The Kier molecular flexibility index (Phi) is 7.18. The molecule has 1 atom stereocenters. The van der Waals surface area contributed by atoms with Gasteiger partial charge in [-0.05, 0) is 55.4 Å². The summed E-state index contributed by atoms with van der Waals surface area (Å²) in [7, 11) is 0. The van der Waals surface area contributed by atoms with Crippen molar-refractivity contribution in [2.24, 2.45) is 0 Å². The van der Waals surface area contributed by atoms with Crippen LogP contribution in [0.5, 0.6) is 5.75 Å². The number of aliphatic hydroxyl groups excluding tert-OH is 1. The number of aromatic hydroxyl groups is 1. The van der Waals surface area contributed by atoms with Crippen LogP contribution in [-0.4, -0.2) is 57.9 Å². The van der Waals surface area contributed by atoms with Gasteiger partial charge in [-0.25, -0.2) is 0 Å². The fraction of sp³-hybridized carbons (Fsp3) is 0.333. The Hall–Kier alpha value is -2.64. The molecule has 0 bridgehead atoms. The Bertz CT molecular complexity index is 1030. The number of phenols is 1. The zero-order valence-electron chi connectivity index (χ0n) is 17.9. The molecular formula is C24H27BrN2O4. The first-order chi connectivity index (χ1) is 14.8. The van der Waals surface area contributed by atoms with E-state index < -0.39 is 17.7 Å². The average molecular weight is 487 g/mol. The summed E-state index contributed by atoms with van der Waals surface area (Å²) in [6.07, 6.45) is 0. The molecule has 3 rings (SSSR count). The van der Waals surface area contributed by atoms with E-state index in [1.165, 1.54) is 17.0 Å². The normalized spacial score (nSPS) is 18.2. The number of hydrogen-bond acceptors (Lipinski definition) is 5. The van der Waals surface area contributed by atoms with Crippen LogP contribution < -0.4 is 0 Å². The highest BCUT2D eigenvalue weighted by Crippen LogP contribution is 2.40. The molecule has 0 spiro atoms. The van der Waals surface area contributed by atoms with E-state index in [0.717, 1.165) is 23.1 Å². The Morgan fingerprint density at radius 2 is 1.84 bits per heavy atom. The number of rotatable bonds is 7. The highest BCUT2D eigenvalue weighted by molar-refractivity contribution is 9.10. The van der Waals surface area contributed by atoms with Crippen LogP contribution in [-0.2, 0) is 9.59 Å². The van der Waals surface area contributed by atoms with Crippen LogP contribution >= 0.6 is 15.9 Å². The van der Waals surface area contributed by atoms with Gasteiger partial charge in [0.15, 0.2) is 0 Å². The number of likely N-dealkylation sites (tertiary alicyclic amines) is 1. The summed E-state index contributed by atoms with van der Waals surface area (Å²) in [6, 6.07) is 11.0. The molecule has 7 heteroatoms. The molecule has 0 saturated carbocycles. The maximum Gasteiger partial charge on any atom is 0.295 e. The molecule has 0 radical (unpaired) electrons. The molecule has 1 fully saturated rings. The molecule has 2 aromatic carbocycles. The lowest BCUT2D eigenvalue weighted by molar-refractivity contribution is -0.140. The lowest BCUT2D eigenvalue weighted by atomic mass is 9.94. The standard InChI is InChI=1S/C24H27BrN2O4/c1-4-26(5-2)11-12-27-21(16-7-6-8-18(28)14-16)20(23(30)24(27)31)22(29)17-9-10-19(25)15(3)13-17/h6-10,13-14,21,28-29H,4-5,11-12H2,1-3H3/b22-20-. The predicted molar refractivity (Wildman–Crippen MR) is 124 cm³/mol. The number of carbonyl (C=O) groups excluding carboxylic acids is 2. The number of Topliss-reactive ketones (excluding diaryl/α,β-unsaturated/α-hetero) is 1. The third-order valence-corrected chi connectivity index (χ3v) is 6.60. The molecule has 0 aromatic heterocycles. The Balaban J connectivity index is 2.12. The van der Waals surface area contributed by atoms with Crippen molar-refractivity contribution in [2.75, 3.05) is 26.2 Å². The number of hydrogen-bond donors (Lipinski definition) is 2. The Morgan fingerprint density at radius 3 is 2.45 bits per heavy atom. The molecule has 1 unspecified atom stereocenters. The second-order valence-electron chi connectivity index (χ2n) is 7.58. The highest BCUT2D eigenvalue weighted by atomic mass is 79.9. The topological polar surface area (TPSA) is 81.1 Å². The van der Waals surface area contributed by atoms with Crippen molar-refractivity contribution in [2.45, 2.75) is 26.8 Å².